The summed E-state index contributed by atoms with van der Waals surface area (Å²) in [7, 11) is -3.11. The summed E-state index contributed by atoms with van der Waals surface area (Å²) < 4.78 is 23.5. The molecule has 10 heavy (non-hydrogen) atoms. The fraction of sp³-hybridized carbons (Fsp3) is 1.00. The summed E-state index contributed by atoms with van der Waals surface area (Å²) >= 11 is 0. The van der Waals surface area contributed by atoms with E-state index in [9.17, 15) is 8.42 Å². The Balaban J connectivity index is 2.31. The van der Waals surface area contributed by atoms with Gasteiger partial charge in [-0.05, 0) is 0 Å². The van der Waals surface area contributed by atoms with Gasteiger partial charge in [0.2, 0.25) is 0 Å². The molecule has 5 nitrogen and oxygen atoms in total. The molecule has 3 aliphatic rings. The van der Waals surface area contributed by atoms with E-state index in [1.165, 1.54) is 4.31 Å². The van der Waals surface area contributed by atoms with Crippen molar-refractivity contribution in [2.75, 3.05) is 26.2 Å². The van der Waals surface area contributed by atoms with Gasteiger partial charge in [-0.2, -0.15) is 12.7 Å². The number of nitrogens with zero attached hydrogens (tertiary/aromatic N) is 2. The highest BCUT2D eigenvalue weighted by Gasteiger charge is 2.34. The quantitative estimate of drug-likeness (QED) is 0.466. The summed E-state index contributed by atoms with van der Waals surface area (Å²) in [6.45, 7) is 2.88. The Kier molecular flexibility index (Phi) is 1.25. The summed E-state index contributed by atoms with van der Waals surface area (Å²) in [5, 5.41) is 1.73. The third-order valence-corrected chi connectivity index (χ3v) is 3.36. The number of hydrogen-bond acceptors (Lipinski definition) is 3. The molecule has 0 amide bonds. The summed E-state index contributed by atoms with van der Waals surface area (Å²) in [4.78, 5) is 2.42. The van der Waals surface area contributed by atoms with Crippen LogP contribution in [0.15, 0.2) is 0 Å². The van der Waals surface area contributed by atoms with Gasteiger partial charge in [0.25, 0.3) is 10.2 Å². The van der Waals surface area contributed by atoms with Crippen molar-refractivity contribution >= 4 is 10.2 Å². The van der Waals surface area contributed by atoms with Crippen LogP contribution >= 0.6 is 0 Å². The Hall–Kier alpha value is -0.170. The smallest absolute Gasteiger partial charge is 0.227 e. The monoisotopic (exact) mass is 163 g/mol. The first-order chi connectivity index (χ1) is 4.68. The fourth-order valence-electron chi connectivity index (χ4n) is 1.24. The summed E-state index contributed by atoms with van der Waals surface area (Å²) in [5.41, 5.74) is 0. The van der Waals surface area contributed by atoms with Crippen molar-refractivity contribution in [1.82, 2.24) is 14.1 Å². The topological polar surface area (TPSA) is 52.7 Å². The molecular formula is C4H9N3O2S. The van der Waals surface area contributed by atoms with Crippen LogP contribution in [0.4, 0.5) is 0 Å². The van der Waals surface area contributed by atoms with Crippen LogP contribution in [-0.2, 0) is 10.2 Å². The predicted molar refractivity (Wildman–Crippen MR) is 35.2 cm³/mol. The number of hydrogen-bond donors (Lipinski definition) is 1. The minimum absolute atomic E-state index is 0.634. The van der Waals surface area contributed by atoms with Gasteiger partial charge in [-0.1, -0.05) is 0 Å². The van der Waals surface area contributed by atoms with Crippen LogP contribution in [0, 0.1) is 0 Å². The molecule has 0 aromatic heterocycles. The van der Waals surface area contributed by atoms with Crippen LogP contribution in [-0.4, -0.2) is 43.9 Å². The average molecular weight is 163 g/mol. The van der Waals surface area contributed by atoms with Crippen LogP contribution < -0.4 is 4.83 Å². The van der Waals surface area contributed by atoms with Crippen molar-refractivity contribution in [3.05, 3.63) is 0 Å². The molecule has 3 heterocycles. The van der Waals surface area contributed by atoms with E-state index < -0.39 is 10.2 Å². The summed E-state index contributed by atoms with van der Waals surface area (Å²) in [5.74, 6) is 0. The number of rotatable bonds is 0. The standard InChI is InChI=1S/C4H9N3O2S/c8-10(9)5-6-1-3-7(10)4-2-6/h5H,1-4H2. The van der Waals surface area contributed by atoms with E-state index in [1.54, 1.807) is 5.01 Å². The molecule has 0 spiro atoms. The molecule has 0 saturated carbocycles. The van der Waals surface area contributed by atoms with Gasteiger partial charge >= 0.3 is 0 Å². The van der Waals surface area contributed by atoms with Crippen molar-refractivity contribution in [2.45, 2.75) is 0 Å². The van der Waals surface area contributed by atoms with Crippen LogP contribution in [0.5, 0.6) is 0 Å². The Labute approximate surface area is 59.8 Å². The Bertz CT molecular complexity index is 229. The largest absolute Gasteiger partial charge is 0.292 e. The lowest BCUT2D eigenvalue weighted by molar-refractivity contribution is 0.125. The first-order valence-corrected chi connectivity index (χ1v) is 4.65. The lowest BCUT2D eigenvalue weighted by Gasteiger charge is -2.40. The third-order valence-electron chi connectivity index (χ3n) is 1.82. The van der Waals surface area contributed by atoms with E-state index in [0.717, 1.165) is 13.1 Å². The SMILES string of the molecule is O=S1(=O)NN2CCN1CC2. The zero-order chi connectivity index (χ0) is 7.19. The van der Waals surface area contributed by atoms with Crippen LogP contribution in [0.3, 0.4) is 0 Å². The minimum Gasteiger partial charge on any atom is -0.227 e. The van der Waals surface area contributed by atoms with E-state index in [2.05, 4.69) is 4.83 Å². The third kappa shape index (κ3) is 0.842. The second-order valence-corrected chi connectivity index (χ2v) is 4.13. The highest BCUT2D eigenvalue weighted by atomic mass is 32.2. The maximum atomic E-state index is 11.0. The molecule has 3 saturated heterocycles. The molecule has 3 rings (SSSR count). The van der Waals surface area contributed by atoms with E-state index in [0.29, 0.717) is 13.1 Å². The molecule has 3 aliphatic heterocycles. The molecule has 0 unspecified atom stereocenters. The lowest BCUT2D eigenvalue weighted by Crippen LogP contribution is -2.64. The van der Waals surface area contributed by atoms with Crippen molar-refractivity contribution in [3.8, 4) is 0 Å². The zero-order valence-electron chi connectivity index (χ0n) is 5.45. The van der Waals surface area contributed by atoms with E-state index in [4.69, 9.17) is 0 Å². The zero-order valence-corrected chi connectivity index (χ0v) is 6.26. The van der Waals surface area contributed by atoms with Gasteiger partial charge in [0.15, 0.2) is 0 Å². The summed E-state index contributed by atoms with van der Waals surface area (Å²) in [6, 6.07) is 0. The van der Waals surface area contributed by atoms with Gasteiger partial charge in [0, 0.05) is 26.2 Å². The second kappa shape index (κ2) is 1.91. The summed E-state index contributed by atoms with van der Waals surface area (Å²) in [6.07, 6.45) is 0. The molecule has 0 aliphatic carbocycles. The van der Waals surface area contributed by atoms with Crippen molar-refractivity contribution in [2.24, 2.45) is 0 Å². The molecule has 6 heteroatoms. The maximum Gasteiger partial charge on any atom is 0.292 e. The van der Waals surface area contributed by atoms with Crippen molar-refractivity contribution in [3.63, 3.8) is 0 Å². The normalized spacial score (nSPS) is 43.6. The van der Waals surface area contributed by atoms with Gasteiger partial charge in [-0.25, -0.2) is 5.01 Å². The fourth-order valence-corrected chi connectivity index (χ4v) is 2.51. The lowest BCUT2D eigenvalue weighted by atomic mass is 10.4. The number of hydrazine groups is 1. The van der Waals surface area contributed by atoms with Crippen molar-refractivity contribution < 1.29 is 8.42 Å². The average Bonchev–Trinajstić information content (AvgIpc) is 1.87. The highest BCUT2D eigenvalue weighted by molar-refractivity contribution is 7.87. The van der Waals surface area contributed by atoms with Gasteiger partial charge < -0.3 is 0 Å². The Morgan fingerprint density at radius 3 is 1.90 bits per heavy atom. The minimum atomic E-state index is -3.11. The number of piperazine rings is 1. The predicted octanol–water partition coefficient (Wildman–Crippen LogP) is -1.63. The van der Waals surface area contributed by atoms with Gasteiger partial charge in [-0.15, -0.1) is 4.83 Å². The molecule has 1 N–H and O–H groups in total. The number of nitrogens with one attached hydrogen (secondary N) is 1. The molecule has 0 aromatic rings. The van der Waals surface area contributed by atoms with Crippen LogP contribution in [0.25, 0.3) is 0 Å². The van der Waals surface area contributed by atoms with Gasteiger partial charge in [0.1, 0.15) is 0 Å². The molecule has 0 radical (unpaired) electrons. The van der Waals surface area contributed by atoms with Gasteiger partial charge in [0.05, 0.1) is 0 Å². The second-order valence-electron chi connectivity index (χ2n) is 2.48. The van der Waals surface area contributed by atoms with Crippen LogP contribution in [0.1, 0.15) is 0 Å². The highest BCUT2D eigenvalue weighted by Crippen LogP contribution is 2.10. The Morgan fingerprint density at radius 1 is 1.10 bits per heavy atom. The molecule has 0 aromatic carbocycles. The maximum absolute atomic E-state index is 11.0. The van der Waals surface area contributed by atoms with E-state index in [1.807, 2.05) is 0 Å². The van der Waals surface area contributed by atoms with Gasteiger partial charge in [-0.3, -0.25) is 0 Å². The molecule has 58 valence electrons. The van der Waals surface area contributed by atoms with Crippen molar-refractivity contribution in [1.29, 1.82) is 0 Å². The van der Waals surface area contributed by atoms with E-state index in [-0.39, 0.29) is 0 Å². The van der Waals surface area contributed by atoms with Crippen LogP contribution in [0.2, 0.25) is 0 Å². The molecular weight excluding hydrogens is 154 g/mol. The molecule has 3 fully saturated rings. The number of fused-ring (bicyclic) bond motifs is 3. The Morgan fingerprint density at radius 2 is 1.70 bits per heavy atom. The first kappa shape index (κ1) is 6.53. The molecule has 2 bridgehead atoms. The first-order valence-electron chi connectivity index (χ1n) is 3.21. The molecule has 0 atom stereocenters. The van der Waals surface area contributed by atoms with E-state index >= 15 is 0 Å².